The van der Waals surface area contributed by atoms with Crippen molar-refractivity contribution in [2.24, 2.45) is 0 Å². The molecule has 0 aliphatic carbocycles. The Bertz CT molecular complexity index is 1130. The van der Waals surface area contributed by atoms with Gasteiger partial charge in [0, 0.05) is 33.1 Å². The van der Waals surface area contributed by atoms with E-state index in [1.807, 2.05) is 18.2 Å². The number of anilines is 2. The van der Waals surface area contributed by atoms with E-state index in [0.29, 0.717) is 15.7 Å². The lowest BCUT2D eigenvalue weighted by atomic mass is 9.96. The van der Waals surface area contributed by atoms with Crippen molar-refractivity contribution in [1.29, 1.82) is 0 Å². The van der Waals surface area contributed by atoms with E-state index in [9.17, 15) is 9.90 Å². The summed E-state index contributed by atoms with van der Waals surface area (Å²) in [7, 11) is 0. The lowest BCUT2D eigenvalue weighted by Gasteiger charge is -2.20. The predicted molar refractivity (Wildman–Crippen MR) is 111 cm³/mol. The molecule has 0 saturated heterocycles. The maximum atomic E-state index is 11.7. The molecule has 2 heterocycles. The third-order valence-corrected chi connectivity index (χ3v) is 4.89. The number of rotatable bonds is 4. The molecule has 0 atom stereocenters. The summed E-state index contributed by atoms with van der Waals surface area (Å²) in [4.78, 5) is 16.2. The zero-order valence-corrected chi connectivity index (χ0v) is 15.9. The maximum Gasteiger partial charge on any atom is 0.337 e. The topological polar surface area (TPSA) is 71.5 Å². The maximum absolute atomic E-state index is 11.7. The van der Waals surface area contributed by atoms with Crippen LogP contribution in [0.2, 0.25) is 10.0 Å². The summed E-state index contributed by atoms with van der Waals surface area (Å²) in [5, 5.41) is 14.5. The number of nitrogens with zero attached hydrogens (tertiary/aromatic N) is 1. The smallest absolute Gasteiger partial charge is 0.337 e. The van der Waals surface area contributed by atoms with Crippen LogP contribution in [-0.2, 0) is 4.74 Å². The second kappa shape index (κ2) is 7.54. The lowest BCUT2D eigenvalue weighted by molar-refractivity contribution is 0.0698. The molecule has 1 aliphatic rings. The molecule has 7 heteroatoms. The molecule has 0 spiro atoms. The molecule has 0 radical (unpaired) electrons. The van der Waals surface area contributed by atoms with E-state index >= 15 is 0 Å². The van der Waals surface area contributed by atoms with Crippen LogP contribution in [0.1, 0.15) is 21.8 Å². The first-order valence-corrected chi connectivity index (χ1v) is 9.15. The van der Waals surface area contributed by atoms with Gasteiger partial charge in [-0.1, -0.05) is 23.2 Å². The number of aromatic nitrogens is 1. The first kappa shape index (κ1) is 18.3. The second-order valence-electron chi connectivity index (χ2n) is 6.19. The lowest BCUT2D eigenvalue weighted by Crippen LogP contribution is -2.07. The van der Waals surface area contributed by atoms with Gasteiger partial charge < -0.3 is 15.2 Å². The van der Waals surface area contributed by atoms with E-state index < -0.39 is 5.97 Å². The van der Waals surface area contributed by atoms with Gasteiger partial charge in [0.25, 0.3) is 0 Å². The highest BCUT2D eigenvalue weighted by Gasteiger charge is 2.19. The fourth-order valence-corrected chi connectivity index (χ4v) is 3.43. The van der Waals surface area contributed by atoms with Gasteiger partial charge in [0.1, 0.15) is 0 Å². The Kier molecular flexibility index (Phi) is 4.94. The third-order valence-electron chi connectivity index (χ3n) is 4.42. The predicted octanol–water partition coefficient (Wildman–Crippen LogP) is 6.12. The van der Waals surface area contributed by atoms with E-state index in [0.717, 1.165) is 22.2 Å². The Balaban J connectivity index is 1.92. The Morgan fingerprint density at radius 2 is 1.79 bits per heavy atom. The Morgan fingerprint density at radius 3 is 2.54 bits per heavy atom. The molecule has 1 aromatic heterocycles. The summed E-state index contributed by atoms with van der Waals surface area (Å²) in [5.41, 5.74) is 2.81. The minimum atomic E-state index is -1.08. The highest BCUT2D eigenvalue weighted by Crippen LogP contribution is 2.37. The first-order valence-electron chi connectivity index (χ1n) is 8.40. The fourth-order valence-electron chi connectivity index (χ4n) is 3.09. The number of hydrogen-bond donors (Lipinski definition) is 2. The third kappa shape index (κ3) is 3.54. The van der Waals surface area contributed by atoms with E-state index in [1.54, 1.807) is 43.0 Å². The summed E-state index contributed by atoms with van der Waals surface area (Å²) in [6.45, 7) is 0. The molecule has 28 heavy (non-hydrogen) atoms. The summed E-state index contributed by atoms with van der Waals surface area (Å²) in [6, 6.07) is 10.1. The highest BCUT2D eigenvalue weighted by atomic mass is 35.5. The molecule has 0 unspecified atom stereocenters. The summed E-state index contributed by atoms with van der Waals surface area (Å²) in [6.07, 6.45) is 8.74. The van der Waals surface area contributed by atoms with Crippen molar-refractivity contribution >= 4 is 51.4 Å². The minimum absolute atomic E-state index is 0.0727. The number of fused-ring (bicyclic) bond motifs is 1. The zero-order chi connectivity index (χ0) is 19.7. The van der Waals surface area contributed by atoms with Crippen LogP contribution in [0.25, 0.3) is 10.9 Å². The Labute approximate surface area is 170 Å². The molecular formula is C21H14Cl2N2O3. The summed E-state index contributed by atoms with van der Waals surface area (Å²) < 4.78 is 5.13. The number of nitrogens with one attached hydrogen (secondary N) is 1. The van der Waals surface area contributed by atoms with Gasteiger partial charge in [0.2, 0.25) is 0 Å². The van der Waals surface area contributed by atoms with E-state index in [1.165, 1.54) is 6.07 Å². The van der Waals surface area contributed by atoms with Crippen LogP contribution in [0.3, 0.4) is 0 Å². The standard InChI is InChI=1S/C21H14Cl2N2O3/c22-13-1-3-18-15(9-13)20(17(11-24-18)12-5-7-28-8-6-12)25-19-4-2-14(23)10-16(19)21(26)27/h1-12H,(H,24,25)(H,26,27). The van der Waals surface area contributed by atoms with Gasteiger partial charge in [-0.3, -0.25) is 4.98 Å². The Hall–Kier alpha value is -3.02. The van der Waals surface area contributed by atoms with Crippen molar-refractivity contribution in [1.82, 2.24) is 4.98 Å². The molecule has 5 nitrogen and oxygen atoms in total. The average molecular weight is 413 g/mol. The molecular weight excluding hydrogens is 399 g/mol. The van der Waals surface area contributed by atoms with E-state index in [2.05, 4.69) is 10.3 Å². The summed E-state index contributed by atoms with van der Waals surface area (Å²) in [5.74, 6) is -1.17. The van der Waals surface area contributed by atoms with Crippen LogP contribution in [-0.4, -0.2) is 16.1 Å². The number of carboxylic acid groups (broad SMARTS) is 1. The van der Waals surface area contributed by atoms with Gasteiger partial charge in [-0.25, -0.2) is 4.79 Å². The number of pyridine rings is 1. The monoisotopic (exact) mass is 412 g/mol. The van der Waals surface area contributed by atoms with E-state index in [-0.39, 0.29) is 11.5 Å². The molecule has 3 aromatic rings. The number of benzene rings is 2. The van der Waals surface area contributed by atoms with Crippen molar-refractivity contribution in [3.8, 4) is 0 Å². The SMILES string of the molecule is O=C(O)c1cc(Cl)ccc1Nc1c(C2C=COC=C2)cnc2ccc(Cl)cc12. The number of hydrogen-bond acceptors (Lipinski definition) is 4. The van der Waals surface area contributed by atoms with Gasteiger partial charge in [0.05, 0.1) is 35.0 Å². The largest absolute Gasteiger partial charge is 0.478 e. The van der Waals surface area contributed by atoms with Crippen molar-refractivity contribution in [2.75, 3.05) is 5.32 Å². The molecule has 4 rings (SSSR count). The number of carboxylic acids is 1. The zero-order valence-electron chi connectivity index (χ0n) is 14.4. The van der Waals surface area contributed by atoms with Gasteiger partial charge in [-0.15, -0.1) is 0 Å². The molecule has 0 amide bonds. The fraction of sp³-hybridized carbons (Fsp3) is 0.0476. The van der Waals surface area contributed by atoms with Gasteiger partial charge >= 0.3 is 5.97 Å². The molecule has 2 N–H and O–H groups in total. The molecule has 140 valence electrons. The number of allylic oxidation sites excluding steroid dienone is 2. The Morgan fingerprint density at radius 1 is 1.07 bits per heavy atom. The molecule has 1 aliphatic heterocycles. The average Bonchev–Trinajstić information content (AvgIpc) is 2.70. The van der Waals surface area contributed by atoms with Crippen molar-refractivity contribution in [3.05, 3.63) is 88.4 Å². The first-order chi connectivity index (χ1) is 13.5. The van der Waals surface area contributed by atoms with Crippen LogP contribution in [0.5, 0.6) is 0 Å². The van der Waals surface area contributed by atoms with Crippen molar-refractivity contribution in [2.45, 2.75) is 5.92 Å². The van der Waals surface area contributed by atoms with Crippen LogP contribution in [0.4, 0.5) is 11.4 Å². The second-order valence-corrected chi connectivity index (χ2v) is 7.06. The number of halogens is 2. The van der Waals surface area contributed by atoms with E-state index in [4.69, 9.17) is 27.9 Å². The summed E-state index contributed by atoms with van der Waals surface area (Å²) >= 11 is 12.2. The molecule has 0 saturated carbocycles. The van der Waals surface area contributed by atoms with Crippen LogP contribution in [0, 0.1) is 0 Å². The molecule has 0 bridgehead atoms. The van der Waals surface area contributed by atoms with Crippen LogP contribution < -0.4 is 5.32 Å². The number of carbonyl (C=O) groups is 1. The van der Waals surface area contributed by atoms with Crippen molar-refractivity contribution < 1.29 is 14.6 Å². The normalized spacial score (nSPS) is 13.5. The van der Waals surface area contributed by atoms with Crippen LogP contribution >= 0.6 is 23.2 Å². The molecule has 2 aromatic carbocycles. The highest BCUT2D eigenvalue weighted by molar-refractivity contribution is 6.31. The quantitative estimate of drug-likeness (QED) is 0.539. The van der Waals surface area contributed by atoms with Gasteiger partial charge in [-0.05, 0) is 48.6 Å². The van der Waals surface area contributed by atoms with Crippen molar-refractivity contribution in [3.63, 3.8) is 0 Å². The number of aromatic carboxylic acids is 1. The molecule has 0 fully saturated rings. The minimum Gasteiger partial charge on any atom is -0.478 e. The van der Waals surface area contributed by atoms with Gasteiger partial charge in [-0.2, -0.15) is 0 Å². The van der Waals surface area contributed by atoms with Crippen LogP contribution in [0.15, 0.2) is 67.3 Å². The van der Waals surface area contributed by atoms with Gasteiger partial charge in [0.15, 0.2) is 0 Å². The number of ether oxygens (including phenoxy) is 1.